The van der Waals surface area contributed by atoms with Gasteiger partial charge >= 0.3 is 18.1 Å². The molecule has 0 bridgehead atoms. The third kappa shape index (κ3) is 5.15. The minimum absolute atomic E-state index is 0.0536. The first-order valence-corrected chi connectivity index (χ1v) is 12.2. The number of rotatable bonds is 7. The molecule has 11 heteroatoms. The van der Waals surface area contributed by atoms with Crippen molar-refractivity contribution in [2.45, 2.75) is 39.8 Å². The molecule has 2 N–H and O–H groups in total. The Morgan fingerprint density at radius 1 is 0.857 bits per heavy atom. The molecule has 2 aromatic heterocycles. The van der Waals surface area contributed by atoms with E-state index in [0.29, 0.717) is 15.3 Å². The zero-order chi connectivity index (χ0) is 26.1. The topological polar surface area (TPSA) is 93.1 Å². The smallest absolute Gasteiger partial charge is 0.416 e. The predicted molar refractivity (Wildman–Crippen MR) is 126 cm³/mol. The quantitative estimate of drug-likeness (QED) is 0.345. The molecule has 6 nitrogen and oxygen atoms in total. The number of esters is 2. The second-order valence-electron chi connectivity index (χ2n) is 7.49. The average Bonchev–Trinajstić information content (AvgIpc) is 3.23. The monoisotopic (exact) mass is 528 g/mol. The number of ether oxygens (including phenoxy) is 2. The number of carbonyl (C=O) groups is 2. The first-order chi connectivity index (χ1) is 16.4. The van der Waals surface area contributed by atoms with Gasteiger partial charge in [-0.2, -0.15) is 13.2 Å². The molecule has 0 aliphatic heterocycles. The summed E-state index contributed by atoms with van der Waals surface area (Å²) in [6.45, 7) is 6.61. The van der Waals surface area contributed by atoms with Gasteiger partial charge in [-0.3, -0.25) is 0 Å². The van der Waals surface area contributed by atoms with E-state index < -0.39 is 29.6 Å². The summed E-state index contributed by atoms with van der Waals surface area (Å²) in [6.07, 6.45) is -4.55. The van der Waals surface area contributed by atoms with Gasteiger partial charge in [0.2, 0.25) is 0 Å². The Labute approximate surface area is 207 Å². The number of benzene rings is 1. The van der Waals surface area contributed by atoms with Crippen LogP contribution in [0.4, 0.5) is 13.2 Å². The molecule has 0 fully saturated rings. The van der Waals surface area contributed by atoms with Gasteiger partial charge in [-0.05, 0) is 45.4 Å². The number of carbonyl (C=O) groups excluding carboxylic acids is 2. The number of aromatic hydroxyl groups is 2. The molecule has 0 aliphatic carbocycles. The largest absolute Gasteiger partial charge is 0.506 e. The van der Waals surface area contributed by atoms with Crippen molar-refractivity contribution < 1.29 is 42.4 Å². The molecule has 3 rings (SSSR count). The van der Waals surface area contributed by atoms with Crippen LogP contribution < -0.4 is 0 Å². The lowest BCUT2D eigenvalue weighted by atomic mass is 9.92. The van der Waals surface area contributed by atoms with E-state index in [1.807, 2.05) is 0 Å². The van der Waals surface area contributed by atoms with Crippen molar-refractivity contribution in [1.29, 1.82) is 0 Å². The van der Waals surface area contributed by atoms with Crippen LogP contribution >= 0.6 is 22.7 Å². The number of aryl methyl sites for hydroxylation is 2. The predicted octanol–water partition coefficient (Wildman–Crippen LogP) is 6.39. The normalized spacial score (nSPS) is 11.7. The summed E-state index contributed by atoms with van der Waals surface area (Å²) >= 11 is 2.10. The van der Waals surface area contributed by atoms with E-state index in [1.165, 1.54) is 12.1 Å². The lowest BCUT2D eigenvalue weighted by molar-refractivity contribution is -0.137. The fourth-order valence-corrected chi connectivity index (χ4v) is 6.11. The highest BCUT2D eigenvalue weighted by atomic mass is 32.1. The zero-order valence-electron chi connectivity index (χ0n) is 19.3. The van der Waals surface area contributed by atoms with Crippen LogP contribution in [0.15, 0.2) is 24.3 Å². The Bertz CT molecular complexity index is 1170. The van der Waals surface area contributed by atoms with Crippen molar-refractivity contribution in [1.82, 2.24) is 0 Å². The standard InChI is InChI=1S/C24H23F3O6S2/c1-5-32-22(30)15-11(3)34-20(18(15)28)17(13-7-9-14(10-8-13)24(25,26)27)21-19(29)16(12(4)35-21)23(31)33-6-2/h7-10,17,28-29H,5-6H2,1-4H3. The first-order valence-electron chi connectivity index (χ1n) is 10.6. The van der Waals surface area contributed by atoms with Gasteiger partial charge in [0.25, 0.3) is 0 Å². The molecule has 0 radical (unpaired) electrons. The van der Waals surface area contributed by atoms with Crippen molar-refractivity contribution in [2.24, 2.45) is 0 Å². The number of halogens is 3. The third-order valence-corrected chi connectivity index (χ3v) is 7.54. The summed E-state index contributed by atoms with van der Waals surface area (Å²) in [5.41, 5.74) is -0.654. The fourth-order valence-electron chi connectivity index (χ4n) is 3.67. The van der Waals surface area contributed by atoms with Gasteiger partial charge < -0.3 is 19.7 Å². The summed E-state index contributed by atoms with van der Waals surface area (Å²) in [5.74, 6) is -3.22. The summed E-state index contributed by atoms with van der Waals surface area (Å²) in [5, 5.41) is 22.0. The van der Waals surface area contributed by atoms with E-state index in [9.17, 15) is 33.0 Å². The van der Waals surface area contributed by atoms with E-state index in [4.69, 9.17) is 9.47 Å². The van der Waals surface area contributed by atoms with Crippen LogP contribution in [0.2, 0.25) is 0 Å². The molecule has 188 valence electrons. The molecule has 0 saturated heterocycles. The maximum Gasteiger partial charge on any atom is 0.416 e. The molecule has 35 heavy (non-hydrogen) atoms. The second kappa shape index (κ2) is 10.3. The van der Waals surface area contributed by atoms with Gasteiger partial charge in [-0.15, -0.1) is 22.7 Å². The maximum atomic E-state index is 13.2. The first kappa shape index (κ1) is 26.6. The highest BCUT2D eigenvalue weighted by Gasteiger charge is 2.35. The van der Waals surface area contributed by atoms with Crippen LogP contribution in [0, 0.1) is 13.8 Å². The highest BCUT2D eigenvalue weighted by Crippen LogP contribution is 2.51. The van der Waals surface area contributed by atoms with Gasteiger partial charge in [0, 0.05) is 9.75 Å². The molecule has 0 unspecified atom stereocenters. The molecule has 0 atom stereocenters. The van der Waals surface area contributed by atoms with Gasteiger partial charge in [-0.1, -0.05) is 12.1 Å². The second-order valence-corrected chi connectivity index (χ2v) is 10.00. The van der Waals surface area contributed by atoms with E-state index in [1.54, 1.807) is 27.7 Å². The molecular weight excluding hydrogens is 505 g/mol. The fraction of sp³-hybridized carbons (Fsp3) is 0.333. The van der Waals surface area contributed by atoms with Crippen molar-refractivity contribution in [3.05, 3.63) is 66.0 Å². The van der Waals surface area contributed by atoms with Crippen LogP contribution in [0.25, 0.3) is 0 Å². The molecule has 2 heterocycles. The molecular formula is C24H23F3O6S2. The van der Waals surface area contributed by atoms with E-state index >= 15 is 0 Å². The molecule has 1 aromatic carbocycles. The Balaban J connectivity index is 2.25. The highest BCUT2D eigenvalue weighted by molar-refractivity contribution is 7.14. The van der Waals surface area contributed by atoms with Gasteiger partial charge in [0.15, 0.2) is 0 Å². The van der Waals surface area contributed by atoms with Crippen LogP contribution in [-0.4, -0.2) is 35.4 Å². The number of thiophene rings is 2. The summed E-state index contributed by atoms with van der Waals surface area (Å²) in [4.78, 5) is 26.2. The van der Waals surface area contributed by atoms with Crippen LogP contribution in [0.3, 0.4) is 0 Å². The summed E-state index contributed by atoms with van der Waals surface area (Å²) in [7, 11) is 0. The minimum atomic E-state index is -4.55. The molecule has 0 spiro atoms. The minimum Gasteiger partial charge on any atom is -0.506 e. The third-order valence-electron chi connectivity index (χ3n) is 5.23. The lowest BCUT2D eigenvalue weighted by Crippen LogP contribution is -2.08. The van der Waals surface area contributed by atoms with Crippen LogP contribution in [-0.2, 0) is 15.7 Å². The number of hydrogen-bond acceptors (Lipinski definition) is 8. The van der Waals surface area contributed by atoms with Crippen molar-refractivity contribution >= 4 is 34.6 Å². The van der Waals surface area contributed by atoms with E-state index in [0.717, 1.165) is 34.8 Å². The lowest BCUT2D eigenvalue weighted by Gasteiger charge is -2.17. The van der Waals surface area contributed by atoms with Gasteiger partial charge in [0.05, 0.1) is 34.4 Å². The van der Waals surface area contributed by atoms with E-state index in [-0.39, 0.29) is 45.6 Å². The van der Waals surface area contributed by atoms with Crippen molar-refractivity contribution in [2.75, 3.05) is 13.2 Å². The summed E-state index contributed by atoms with van der Waals surface area (Å²) < 4.78 is 49.5. The molecule has 0 amide bonds. The zero-order valence-corrected chi connectivity index (χ0v) is 20.9. The Morgan fingerprint density at radius 2 is 1.26 bits per heavy atom. The molecule has 0 aliphatic rings. The maximum absolute atomic E-state index is 13.2. The van der Waals surface area contributed by atoms with Crippen molar-refractivity contribution in [3.8, 4) is 11.5 Å². The Morgan fingerprint density at radius 3 is 1.60 bits per heavy atom. The number of alkyl halides is 3. The Kier molecular flexibility index (Phi) is 7.80. The van der Waals surface area contributed by atoms with E-state index in [2.05, 4.69) is 0 Å². The van der Waals surface area contributed by atoms with Crippen LogP contribution in [0.5, 0.6) is 11.5 Å². The van der Waals surface area contributed by atoms with Gasteiger partial charge in [0.1, 0.15) is 22.6 Å². The van der Waals surface area contributed by atoms with Crippen LogP contribution in [0.1, 0.15) is 71.1 Å². The molecule has 3 aromatic rings. The Hall–Kier alpha value is -3.05. The average molecular weight is 529 g/mol. The molecule has 0 saturated carbocycles. The summed E-state index contributed by atoms with van der Waals surface area (Å²) in [6, 6.07) is 4.28. The van der Waals surface area contributed by atoms with Gasteiger partial charge in [-0.25, -0.2) is 9.59 Å². The SMILES string of the molecule is CCOC(=O)c1c(C)sc(C(c2ccc(C(F)(F)F)cc2)c2sc(C)c(C(=O)OCC)c2O)c1O. The number of hydrogen-bond donors (Lipinski definition) is 2. The van der Waals surface area contributed by atoms with Crippen molar-refractivity contribution in [3.63, 3.8) is 0 Å².